The number of unbranched alkanes of at least 4 members (excludes halogenated alkanes) is 1. The second-order valence-corrected chi connectivity index (χ2v) is 4.93. The van der Waals surface area contributed by atoms with E-state index in [4.69, 9.17) is 10.5 Å². The topological polar surface area (TPSA) is 35.2 Å². The van der Waals surface area contributed by atoms with E-state index < -0.39 is 0 Å². The lowest BCUT2D eigenvalue weighted by Gasteiger charge is -2.12. The molecule has 98 valence electrons. The Balaban J connectivity index is 1.82. The van der Waals surface area contributed by atoms with Gasteiger partial charge in [-0.3, -0.25) is 0 Å². The third-order valence-electron chi connectivity index (χ3n) is 3.37. The van der Waals surface area contributed by atoms with Gasteiger partial charge in [-0.1, -0.05) is 24.3 Å². The van der Waals surface area contributed by atoms with Crippen LogP contribution in [-0.4, -0.2) is 12.6 Å². The zero-order valence-electron chi connectivity index (χ0n) is 11.0. The molecule has 0 spiro atoms. The lowest BCUT2D eigenvalue weighted by Crippen LogP contribution is -2.10. The number of ether oxygens (including phenoxy) is 1. The van der Waals surface area contributed by atoms with Crippen molar-refractivity contribution < 1.29 is 4.74 Å². The first-order valence-electron chi connectivity index (χ1n) is 7.02. The van der Waals surface area contributed by atoms with Crippen molar-refractivity contribution in [3.63, 3.8) is 0 Å². The van der Waals surface area contributed by atoms with E-state index in [1.807, 2.05) is 0 Å². The molecule has 0 radical (unpaired) electrons. The molecule has 1 aliphatic carbocycles. The maximum Gasteiger partial charge on any atom is 0.119 e. The van der Waals surface area contributed by atoms with Gasteiger partial charge in [0.1, 0.15) is 5.75 Å². The molecule has 0 atom stereocenters. The van der Waals surface area contributed by atoms with Crippen LogP contribution in [0.15, 0.2) is 30.3 Å². The molecule has 2 N–H and O–H groups in total. The Labute approximate surface area is 110 Å². The van der Waals surface area contributed by atoms with Gasteiger partial charge in [-0.15, -0.1) is 0 Å². The molecule has 1 aromatic rings. The van der Waals surface area contributed by atoms with Crippen LogP contribution in [-0.2, 0) is 0 Å². The molecule has 0 bridgehead atoms. The molecular weight excluding hydrogens is 222 g/mol. The third kappa shape index (κ3) is 4.19. The fourth-order valence-electron chi connectivity index (χ4n) is 2.31. The minimum Gasteiger partial charge on any atom is -0.490 e. The minimum atomic E-state index is 0.441. The standard InChI is InChI=1S/C16H23NO/c17-13-5-1-2-6-14-9-11-16(12-10-14)18-15-7-3-4-8-15/h2,6,9-12,15H,1,3-5,7-8,13,17H2/b6-2+. The molecule has 2 rings (SSSR count). The van der Waals surface area contributed by atoms with Crippen LogP contribution in [0, 0.1) is 0 Å². The predicted molar refractivity (Wildman–Crippen MR) is 76.6 cm³/mol. The average Bonchev–Trinajstić information content (AvgIpc) is 2.89. The second kappa shape index (κ2) is 7.22. The average molecular weight is 245 g/mol. The van der Waals surface area contributed by atoms with Crippen LogP contribution < -0.4 is 10.5 Å². The van der Waals surface area contributed by atoms with Crippen LogP contribution in [0.3, 0.4) is 0 Å². The summed E-state index contributed by atoms with van der Waals surface area (Å²) in [5, 5.41) is 0. The Morgan fingerprint density at radius 2 is 1.89 bits per heavy atom. The monoisotopic (exact) mass is 245 g/mol. The van der Waals surface area contributed by atoms with Gasteiger partial charge in [0.25, 0.3) is 0 Å². The number of benzene rings is 1. The molecule has 2 nitrogen and oxygen atoms in total. The number of nitrogens with two attached hydrogens (primary N) is 1. The lowest BCUT2D eigenvalue weighted by atomic mass is 10.2. The summed E-state index contributed by atoms with van der Waals surface area (Å²) in [6.45, 7) is 0.762. The summed E-state index contributed by atoms with van der Waals surface area (Å²) in [5.74, 6) is 1.00. The van der Waals surface area contributed by atoms with Crippen molar-refractivity contribution in [3.05, 3.63) is 35.9 Å². The van der Waals surface area contributed by atoms with Crippen LogP contribution in [0.5, 0.6) is 5.75 Å². The summed E-state index contributed by atoms with van der Waals surface area (Å²) < 4.78 is 5.93. The summed E-state index contributed by atoms with van der Waals surface area (Å²) >= 11 is 0. The quantitative estimate of drug-likeness (QED) is 0.774. The van der Waals surface area contributed by atoms with Gasteiger partial charge in [0.15, 0.2) is 0 Å². The van der Waals surface area contributed by atoms with Gasteiger partial charge in [-0.2, -0.15) is 0 Å². The Morgan fingerprint density at radius 3 is 2.56 bits per heavy atom. The Kier molecular flexibility index (Phi) is 5.28. The summed E-state index contributed by atoms with van der Waals surface area (Å²) in [6, 6.07) is 8.37. The summed E-state index contributed by atoms with van der Waals surface area (Å²) in [4.78, 5) is 0. The number of hydrogen-bond acceptors (Lipinski definition) is 2. The minimum absolute atomic E-state index is 0.441. The fraction of sp³-hybridized carbons (Fsp3) is 0.500. The highest BCUT2D eigenvalue weighted by Crippen LogP contribution is 2.24. The summed E-state index contributed by atoms with van der Waals surface area (Å²) in [6.07, 6.45) is 11.9. The van der Waals surface area contributed by atoms with Crippen molar-refractivity contribution in [3.8, 4) is 5.75 Å². The first kappa shape index (κ1) is 13.2. The lowest BCUT2D eigenvalue weighted by molar-refractivity contribution is 0.210. The van der Waals surface area contributed by atoms with Crippen molar-refractivity contribution in [1.29, 1.82) is 0 Å². The number of allylic oxidation sites excluding steroid dienone is 1. The van der Waals surface area contributed by atoms with E-state index in [0.29, 0.717) is 6.10 Å². The SMILES string of the molecule is NCCC/C=C/c1ccc(OC2CCCC2)cc1. The largest absolute Gasteiger partial charge is 0.490 e. The van der Waals surface area contributed by atoms with Crippen LogP contribution in [0.4, 0.5) is 0 Å². The number of rotatable bonds is 6. The van der Waals surface area contributed by atoms with E-state index >= 15 is 0 Å². The van der Waals surface area contributed by atoms with Gasteiger partial charge in [0.2, 0.25) is 0 Å². The molecule has 0 heterocycles. The van der Waals surface area contributed by atoms with Crippen molar-refractivity contribution in [2.75, 3.05) is 6.54 Å². The van der Waals surface area contributed by atoms with Gasteiger partial charge in [0.05, 0.1) is 6.10 Å². The van der Waals surface area contributed by atoms with Crippen LogP contribution >= 0.6 is 0 Å². The molecule has 1 aliphatic rings. The van der Waals surface area contributed by atoms with E-state index in [9.17, 15) is 0 Å². The van der Waals surface area contributed by atoms with Crippen LogP contribution in [0.25, 0.3) is 6.08 Å². The van der Waals surface area contributed by atoms with Crippen LogP contribution in [0.1, 0.15) is 44.1 Å². The molecule has 0 saturated heterocycles. The van der Waals surface area contributed by atoms with Crippen molar-refractivity contribution >= 4 is 6.08 Å². The van der Waals surface area contributed by atoms with Crippen molar-refractivity contribution in [2.45, 2.75) is 44.6 Å². The van der Waals surface area contributed by atoms with Gasteiger partial charge in [-0.05, 0) is 62.8 Å². The van der Waals surface area contributed by atoms with Crippen molar-refractivity contribution in [1.82, 2.24) is 0 Å². The predicted octanol–water partition coefficient (Wildman–Crippen LogP) is 3.76. The van der Waals surface area contributed by atoms with E-state index in [0.717, 1.165) is 25.1 Å². The molecule has 0 unspecified atom stereocenters. The molecule has 18 heavy (non-hydrogen) atoms. The molecule has 1 aromatic carbocycles. The third-order valence-corrected chi connectivity index (χ3v) is 3.37. The molecule has 1 fully saturated rings. The smallest absolute Gasteiger partial charge is 0.119 e. The fourth-order valence-corrected chi connectivity index (χ4v) is 2.31. The highest BCUT2D eigenvalue weighted by Gasteiger charge is 2.15. The van der Waals surface area contributed by atoms with E-state index in [1.165, 1.54) is 31.2 Å². The second-order valence-electron chi connectivity index (χ2n) is 4.93. The molecule has 0 amide bonds. The Morgan fingerprint density at radius 1 is 1.17 bits per heavy atom. The van der Waals surface area contributed by atoms with Crippen molar-refractivity contribution in [2.24, 2.45) is 5.73 Å². The Hall–Kier alpha value is -1.28. The molecular formula is C16H23NO. The van der Waals surface area contributed by atoms with Gasteiger partial charge in [0, 0.05) is 0 Å². The first-order chi connectivity index (χ1) is 8.88. The maximum atomic E-state index is 5.93. The highest BCUT2D eigenvalue weighted by molar-refractivity contribution is 5.50. The maximum absolute atomic E-state index is 5.93. The first-order valence-corrected chi connectivity index (χ1v) is 7.02. The Bertz CT molecular complexity index is 363. The molecule has 2 heteroatoms. The highest BCUT2D eigenvalue weighted by atomic mass is 16.5. The summed E-state index contributed by atoms with van der Waals surface area (Å²) in [5.41, 5.74) is 6.68. The van der Waals surface area contributed by atoms with Gasteiger partial charge in [-0.25, -0.2) is 0 Å². The van der Waals surface area contributed by atoms with E-state index in [-0.39, 0.29) is 0 Å². The van der Waals surface area contributed by atoms with E-state index in [1.54, 1.807) is 0 Å². The zero-order chi connectivity index (χ0) is 12.6. The van der Waals surface area contributed by atoms with Gasteiger partial charge >= 0.3 is 0 Å². The molecule has 0 aromatic heterocycles. The normalized spacial score (nSPS) is 16.5. The molecule has 1 saturated carbocycles. The van der Waals surface area contributed by atoms with Gasteiger partial charge < -0.3 is 10.5 Å². The number of hydrogen-bond donors (Lipinski definition) is 1. The zero-order valence-corrected chi connectivity index (χ0v) is 11.0. The van der Waals surface area contributed by atoms with E-state index in [2.05, 4.69) is 36.4 Å². The molecule has 0 aliphatic heterocycles. The summed E-state index contributed by atoms with van der Waals surface area (Å²) in [7, 11) is 0. The van der Waals surface area contributed by atoms with Crippen LogP contribution in [0.2, 0.25) is 0 Å².